The molecule has 0 saturated heterocycles. The minimum atomic E-state index is -0.188. The molecule has 4 nitrogen and oxygen atoms in total. The van der Waals surface area contributed by atoms with Crippen molar-refractivity contribution in [3.05, 3.63) is 64.4 Å². The van der Waals surface area contributed by atoms with E-state index in [1.165, 1.54) is 18.3 Å². The summed E-state index contributed by atoms with van der Waals surface area (Å²) in [6, 6.07) is 9.74. The van der Waals surface area contributed by atoms with Crippen molar-refractivity contribution in [1.29, 1.82) is 0 Å². The van der Waals surface area contributed by atoms with Crippen LogP contribution in [0.15, 0.2) is 48.4 Å². The first kappa shape index (κ1) is 17.0. The molecule has 1 heterocycles. The van der Waals surface area contributed by atoms with E-state index >= 15 is 0 Å². The van der Waals surface area contributed by atoms with Gasteiger partial charge in [-0.25, -0.2) is 0 Å². The lowest BCUT2D eigenvalue weighted by atomic mass is 10.1. The van der Waals surface area contributed by atoms with E-state index in [4.69, 9.17) is 0 Å². The van der Waals surface area contributed by atoms with Crippen LogP contribution in [-0.4, -0.2) is 23.3 Å². The fourth-order valence-corrected chi connectivity index (χ4v) is 3.09. The lowest BCUT2D eigenvalue weighted by molar-refractivity contribution is -0.114. The normalized spacial score (nSPS) is 10.2. The third-order valence-electron chi connectivity index (χ3n) is 3.43. The number of hydrogen-bond donors (Lipinski definition) is 1. The summed E-state index contributed by atoms with van der Waals surface area (Å²) in [5.74, 6) is -0.293. The van der Waals surface area contributed by atoms with E-state index in [9.17, 15) is 9.59 Å². The Hall–Kier alpha value is -2.40. The standard InChI is InChI=1S/C18H20N2O2S/c1-4-10-20(12-15-8-6-5-7-13(15)2)18(22)17-16(9-11-23-17)19-14(3)21/h4-9,11H,1,10,12H2,2-3H3,(H,19,21). The monoisotopic (exact) mass is 328 g/mol. The number of hydrogen-bond acceptors (Lipinski definition) is 3. The second kappa shape index (κ2) is 7.74. The van der Waals surface area contributed by atoms with Crippen LogP contribution in [0, 0.1) is 6.92 Å². The molecule has 2 rings (SSSR count). The number of amides is 2. The smallest absolute Gasteiger partial charge is 0.266 e. The van der Waals surface area contributed by atoms with Crippen LogP contribution in [0.25, 0.3) is 0 Å². The summed E-state index contributed by atoms with van der Waals surface area (Å²) >= 11 is 1.33. The Morgan fingerprint density at radius 3 is 2.70 bits per heavy atom. The number of rotatable bonds is 6. The number of nitrogens with one attached hydrogen (secondary N) is 1. The first-order valence-corrected chi connectivity index (χ1v) is 8.20. The number of thiophene rings is 1. The zero-order chi connectivity index (χ0) is 16.8. The van der Waals surface area contributed by atoms with E-state index in [1.54, 1.807) is 22.4 Å². The number of carbonyl (C=O) groups excluding carboxylic acids is 2. The predicted octanol–water partition coefficient (Wildman–Crippen LogP) is 3.84. The second-order valence-electron chi connectivity index (χ2n) is 5.25. The lowest BCUT2D eigenvalue weighted by Gasteiger charge is -2.22. The fourth-order valence-electron chi connectivity index (χ4n) is 2.27. The van der Waals surface area contributed by atoms with Gasteiger partial charge in [-0.3, -0.25) is 9.59 Å². The van der Waals surface area contributed by atoms with Gasteiger partial charge in [-0.05, 0) is 29.5 Å². The highest BCUT2D eigenvalue weighted by Gasteiger charge is 2.20. The minimum Gasteiger partial charge on any atom is -0.330 e. The van der Waals surface area contributed by atoms with Crippen LogP contribution in [0.4, 0.5) is 5.69 Å². The van der Waals surface area contributed by atoms with Crippen molar-refractivity contribution < 1.29 is 9.59 Å². The average molecular weight is 328 g/mol. The maximum absolute atomic E-state index is 12.9. The van der Waals surface area contributed by atoms with E-state index in [-0.39, 0.29) is 11.8 Å². The molecule has 0 radical (unpaired) electrons. The van der Waals surface area contributed by atoms with Gasteiger partial charge in [-0.15, -0.1) is 17.9 Å². The Balaban J connectivity index is 2.25. The summed E-state index contributed by atoms with van der Waals surface area (Å²) in [5.41, 5.74) is 2.80. The highest BCUT2D eigenvalue weighted by Crippen LogP contribution is 2.25. The van der Waals surface area contributed by atoms with Gasteiger partial charge in [0.1, 0.15) is 4.88 Å². The van der Waals surface area contributed by atoms with Crippen LogP contribution in [0.5, 0.6) is 0 Å². The Bertz CT molecular complexity index is 721. The van der Waals surface area contributed by atoms with Crippen LogP contribution in [0.1, 0.15) is 27.7 Å². The molecule has 5 heteroatoms. The molecular weight excluding hydrogens is 308 g/mol. The zero-order valence-electron chi connectivity index (χ0n) is 13.3. The summed E-state index contributed by atoms with van der Waals surface area (Å²) in [6.07, 6.45) is 1.71. The number of anilines is 1. The topological polar surface area (TPSA) is 49.4 Å². The molecule has 0 saturated carbocycles. The summed E-state index contributed by atoms with van der Waals surface area (Å²) < 4.78 is 0. The molecule has 1 N–H and O–H groups in total. The van der Waals surface area contributed by atoms with E-state index in [2.05, 4.69) is 11.9 Å². The van der Waals surface area contributed by atoms with Crippen molar-refractivity contribution in [1.82, 2.24) is 4.90 Å². The maximum Gasteiger partial charge on any atom is 0.266 e. The van der Waals surface area contributed by atoms with Crippen molar-refractivity contribution in [2.75, 3.05) is 11.9 Å². The number of benzene rings is 1. The second-order valence-corrected chi connectivity index (χ2v) is 6.16. The molecule has 0 unspecified atom stereocenters. The van der Waals surface area contributed by atoms with Crippen molar-refractivity contribution in [2.24, 2.45) is 0 Å². The van der Waals surface area contributed by atoms with E-state index in [0.717, 1.165) is 11.1 Å². The fraction of sp³-hybridized carbons (Fsp3) is 0.222. The Morgan fingerprint density at radius 2 is 2.04 bits per heavy atom. The van der Waals surface area contributed by atoms with E-state index in [0.29, 0.717) is 23.7 Å². The van der Waals surface area contributed by atoms with E-state index < -0.39 is 0 Å². The van der Waals surface area contributed by atoms with Gasteiger partial charge in [0, 0.05) is 20.0 Å². The molecule has 1 aromatic heterocycles. The van der Waals surface area contributed by atoms with Gasteiger partial charge in [-0.1, -0.05) is 30.3 Å². The molecule has 0 atom stereocenters. The highest BCUT2D eigenvalue weighted by atomic mass is 32.1. The first-order valence-electron chi connectivity index (χ1n) is 7.32. The largest absolute Gasteiger partial charge is 0.330 e. The molecule has 23 heavy (non-hydrogen) atoms. The number of nitrogens with zero attached hydrogens (tertiary/aromatic N) is 1. The van der Waals surface area contributed by atoms with Gasteiger partial charge in [0.15, 0.2) is 0 Å². The van der Waals surface area contributed by atoms with Gasteiger partial charge < -0.3 is 10.2 Å². The Morgan fingerprint density at radius 1 is 1.30 bits per heavy atom. The average Bonchev–Trinajstić information content (AvgIpc) is 2.95. The van der Waals surface area contributed by atoms with Gasteiger partial charge >= 0.3 is 0 Å². The third kappa shape index (κ3) is 4.29. The molecule has 2 amide bonds. The van der Waals surface area contributed by atoms with Crippen LogP contribution >= 0.6 is 11.3 Å². The summed E-state index contributed by atoms with van der Waals surface area (Å²) in [6.45, 7) is 8.16. The predicted molar refractivity (Wildman–Crippen MR) is 94.7 cm³/mol. The van der Waals surface area contributed by atoms with Gasteiger partial charge in [-0.2, -0.15) is 0 Å². The molecule has 1 aromatic carbocycles. The molecule has 0 spiro atoms. The molecule has 0 aliphatic heterocycles. The minimum absolute atomic E-state index is 0.105. The van der Waals surface area contributed by atoms with Gasteiger partial charge in [0.25, 0.3) is 5.91 Å². The van der Waals surface area contributed by atoms with Crippen LogP contribution < -0.4 is 5.32 Å². The van der Waals surface area contributed by atoms with Crippen LogP contribution in [0.2, 0.25) is 0 Å². The number of aryl methyl sites for hydroxylation is 1. The van der Waals surface area contributed by atoms with Gasteiger partial charge in [0.2, 0.25) is 5.91 Å². The summed E-state index contributed by atoms with van der Waals surface area (Å²) in [7, 11) is 0. The molecule has 2 aromatic rings. The Labute approximate surface area is 140 Å². The molecule has 0 fully saturated rings. The maximum atomic E-state index is 12.9. The molecule has 0 aliphatic rings. The quantitative estimate of drug-likeness (QED) is 0.819. The van der Waals surface area contributed by atoms with Gasteiger partial charge in [0.05, 0.1) is 5.69 Å². The molecule has 0 aliphatic carbocycles. The summed E-state index contributed by atoms with van der Waals surface area (Å²) in [4.78, 5) is 26.4. The molecule has 120 valence electrons. The lowest BCUT2D eigenvalue weighted by Crippen LogP contribution is -2.31. The van der Waals surface area contributed by atoms with Crippen LogP contribution in [-0.2, 0) is 11.3 Å². The van der Waals surface area contributed by atoms with Crippen molar-refractivity contribution in [3.8, 4) is 0 Å². The van der Waals surface area contributed by atoms with Crippen molar-refractivity contribution in [3.63, 3.8) is 0 Å². The highest BCUT2D eigenvalue weighted by molar-refractivity contribution is 7.12. The Kier molecular flexibility index (Phi) is 5.71. The van der Waals surface area contributed by atoms with Crippen molar-refractivity contribution >= 4 is 28.8 Å². The summed E-state index contributed by atoms with van der Waals surface area (Å²) in [5, 5.41) is 4.51. The number of carbonyl (C=O) groups is 2. The van der Waals surface area contributed by atoms with Crippen molar-refractivity contribution in [2.45, 2.75) is 20.4 Å². The molecular formula is C18H20N2O2S. The van der Waals surface area contributed by atoms with Crippen LogP contribution in [0.3, 0.4) is 0 Å². The zero-order valence-corrected chi connectivity index (χ0v) is 14.2. The third-order valence-corrected chi connectivity index (χ3v) is 4.33. The van der Waals surface area contributed by atoms with E-state index in [1.807, 2.05) is 31.2 Å². The SMILES string of the molecule is C=CCN(Cc1ccccc1C)C(=O)c1sccc1NC(C)=O. The first-order chi connectivity index (χ1) is 11.0. The molecule has 0 bridgehead atoms.